The fraction of sp³-hybridized carbons (Fsp3) is 0.375. The molecule has 0 radical (unpaired) electrons. The minimum Gasteiger partial charge on any atom is -0.339 e. The number of likely N-dealkylation sites (tertiary alicyclic amines) is 1. The van der Waals surface area contributed by atoms with Crippen molar-refractivity contribution >= 4 is 29.3 Å². The fourth-order valence-electron chi connectivity index (χ4n) is 2.56. The van der Waals surface area contributed by atoms with Crippen LogP contribution in [0.3, 0.4) is 0 Å². The van der Waals surface area contributed by atoms with Crippen molar-refractivity contribution in [3.05, 3.63) is 36.2 Å². The quantitative estimate of drug-likeness (QED) is 0.836. The number of anilines is 1. The number of nitrogens with zero attached hydrogens (tertiary/aromatic N) is 4. The van der Waals surface area contributed by atoms with Gasteiger partial charge in [-0.2, -0.15) is 0 Å². The zero-order chi connectivity index (χ0) is 16.9. The Hall–Kier alpha value is -2.35. The summed E-state index contributed by atoms with van der Waals surface area (Å²) in [5, 5.41) is 11.2. The van der Waals surface area contributed by atoms with Crippen LogP contribution in [0.15, 0.2) is 35.7 Å². The molecule has 0 saturated carbocycles. The molecule has 126 valence electrons. The third kappa shape index (κ3) is 3.94. The Labute approximate surface area is 144 Å². The third-order valence-corrected chi connectivity index (χ3v) is 4.82. The van der Waals surface area contributed by atoms with Gasteiger partial charge in [0.05, 0.1) is 5.75 Å². The van der Waals surface area contributed by atoms with Crippen molar-refractivity contribution in [3.63, 3.8) is 0 Å². The molecule has 7 nitrogen and oxygen atoms in total. The summed E-state index contributed by atoms with van der Waals surface area (Å²) < 4.78 is 1.76. The van der Waals surface area contributed by atoms with Crippen LogP contribution in [0.4, 0.5) is 5.69 Å². The zero-order valence-electron chi connectivity index (χ0n) is 13.4. The van der Waals surface area contributed by atoms with Gasteiger partial charge in [-0.15, -0.1) is 10.2 Å². The first-order valence-corrected chi connectivity index (χ1v) is 8.78. The van der Waals surface area contributed by atoms with Crippen LogP contribution in [-0.2, 0) is 11.8 Å². The molecular weight excluding hydrogens is 326 g/mol. The number of benzene rings is 1. The Balaban J connectivity index is 1.58. The first-order valence-electron chi connectivity index (χ1n) is 7.79. The van der Waals surface area contributed by atoms with Crippen LogP contribution in [0.25, 0.3) is 0 Å². The van der Waals surface area contributed by atoms with Crippen LogP contribution in [0.5, 0.6) is 0 Å². The second-order valence-corrected chi connectivity index (χ2v) is 6.58. The first-order chi connectivity index (χ1) is 11.6. The summed E-state index contributed by atoms with van der Waals surface area (Å²) in [7, 11) is 1.83. The normalized spacial score (nSPS) is 14.0. The van der Waals surface area contributed by atoms with Crippen LogP contribution >= 0.6 is 11.8 Å². The monoisotopic (exact) mass is 345 g/mol. The molecule has 1 saturated heterocycles. The Morgan fingerprint density at radius 1 is 1.29 bits per heavy atom. The summed E-state index contributed by atoms with van der Waals surface area (Å²) >= 11 is 1.31. The van der Waals surface area contributed by atoms with Gasteiger partial charge in [0.15, 0.2) is 5.16 Å². The van der Waals surface area contributed by atoms with E-state index >= 15 is 0 Å². The Morgan fingerprint density at radius 3 is 2.79 bits per heavy atom. The summed E-state index contributed by atoms with van der Waals surface area (Å²) in [6, 6.07) is 7.08. The van der Waals surface area contributed by atoms with E-state index < -0.39 is 0 Å². The molecule has 0 unspecified atom stereocenters. The number of rotatable bonds is 5. The predicted molar refractivity (Wildman–Crippen MR) is 91.9 cm³/mol. The van der Waals surface area contributed by atoms with E-state index in [-0.39, 0.29) is 17.6 Å². The highest BCUT2D eigenvalue weighted by Gasteiger charge is 2.19. The van der Waals surface area contributed by atoms with Gasteiger partial charge in [0, 0.05) is 31.4 Å². The molecule has 3 rings (SSSR count). The minimum atomic E-state index is -0.145. The third-order valence-electron chi connectivity index (χ3n) is 3.79. The van der Waals surface area contributed by atoms with Crippen LogP contribution < -0.4 is 5.32 Å². The molecule has 1 aliphatic rings. The van der Waals surface area contributed by atoms with Crippen LogP contribution in [-0.4, -0.2) is 50.3 Å². The second-order valence-electron chi connectivity index (χ2n) is 5.64. The number of carbonyl (C=O) groups is 2. The van der Waals surface area contributed by atoms with E-state index in [2.05, 4.69) is 15.5 Å². The van der Waals surface area contributed by atoms with E-state index in [4.69, 9.17) is 0 Å². The maximum absolute atomic E-state index is 12.4. The lowest BCUT2D eigenvalue weighted by Crippen LogP contribution is -2.27. The number of aryl methyl sites for hydroxylation is 1. The highest BCUT2D eigenvalue weighted by molar-refractivity contribution is 7.99. The van der Waals surface area contributed by atoms with Gasteiger partial charge in [0.25, 0.3) is 5.91 Å². The van der Waals surface area contributed by atoms with Gasteiger partial charge in [0.1, 0.15) is 6.33 Å². The molecular formula is C16H19N5O2S. The van der Waals surface area contributed by atoms with Crippen molar-refractivity contribution in [3.8, 4) is 0 Å². The maximum Gasteiger partial charge on any atom is 0.253 e. The molecule has 24 heavy (non-hydrogen) atoms. The number of hydrogen-bond donors (Lipinski definition) is 1. The van der Waals surface area contributed by atoms with Crippen molar-refractivity contribution in [2.75, 3.05) is 24.2 Å². The number of hydrogen-bond acceptors (Lipinski definition) is 5. The summed E-state index contributed by atoms with van der Waals surface area (Å²) in [6.07, 6.45) is 3.70. The maximum atomic E-state index is 12.4. The smallest absolute Gasteiger partial charge is 0.253 e. The van der Waals surface area contributed by atoms with Crippen molar-refractivity contribution < 1.29 is 9.59 Å². The number of amides is 2. The summed E-state index contributed by atoms with van der Waals surface area (Å²) in [6.45, 7) is 1.62. The molecule has 2 aromatic rings. The van der Waals surface area contributed by atoms with Crippen LogP contribution in [0.1, 0.15) is 23.2 Å². The molecule has 2 heterocycles. The van der Waals surface area contributed by atoms with Gasteiger partial charge in [-0.1, -0.05) is 17.8 Å². The lowest BCUT2D eigenvalue weighted by atomic mass is 10.1. The second kappa shape index (κ2) is 7.48. The van der Waals surface area contributed by atoms with E-state index in [0.717, 1.165) is 25.9 Å². The average molecular weight is 345 g/mol. The Morgan fingerprint density at radius 2 is 2.08 bits per heavy atom. The van der Waals surface area contributed by atoms with Gasteiger partial charge in [-0.3, -0.25) is 9.59 Å². The first kappa shape index (κ1) is 16.5. The molecule has 0 aliphatic carbocycles. The van der Waals surface area contributed by atoms with Crippen molar-refractivity contribution in [2.24, 2.45) is 7.05 Å². The van der Waals surface area contributed by atoms with Gasteiger partial charge < -0.3 is 14.8 Å². The molecule has 1 aromatic heterocycles. The number of aromatic nitrogens is 3. The van der Waals surface area contributed by atoms with Crippen molar-refractivity contribution in [1.29, 1.82) is 0 Å². The van der Waals surface area contributed by atoms with E-state index in [1.165, 1.54) is 11.8 Å². The summed E-state index contributed by atoms with van der Waals surface area (Å²) in [5.74, 6) is 0.113. The van der Waals surface area contributed by atoms with Gasteiger partial charge in [0.2, 0.25) is 5.91 Å². The van der Waals surface area contributed by atoms with Gasteiger partial charge in [-0.25, -0.2) is 0 Å². The number of thioether (sulfide) groups is 1. The van der Waals surface area contributed by atoms with Crippen molar-refractivity contribution in [2.45, 2.75) is 18.0 Å². The molecule has 8 heteroatoms. The largest absolute Gasteiger partial charge is 0.339 e. The molecule has 0 bridgehead atoms. The van der Waals surface area contributed by atoms with Gasteiger partial charge in [-0.05, 0) is 31.0 Å². The summed E-state index contributed by atoms with van der Waals surface area (Å²) in [5.41, 5.74) is 1.24. The zero-order valence-corrected chi connectivity index (χ0v) is 14.3. The SMILES string of the molecule is Cn1cnnc1SCC(=O)Nc1cccc(C(=O)N2CCCC2)c1. The molecule has 1 aliphatic heterocycles. The number of nitrogens with one attached hydrogen (secondary N) is 1. The molecule has 1 fully saturated rings. The van der Waals surface area contributed by atoms with E-state index in [1.54, 1.807) is 35.2 Å². The number of carbonyl (C=O) groups excluding carboxylic acids is 2. The highest BCUT2D eigenvalue weighted by atomic mass is 32.2. The lowest BCUT2D eigenvalue weighted by Gasteiger charge is -2.15. The standard InChI is InChI=1S/C16H19N5O2S/c1-20-11-17-19-16(20)24-10-14(22)18-13-6-4-5-12(9-13)15(23)21-7-2-3-8-21/h4-6,9,11H,2-3,7-8,10H2,1H3,(H,18,22). The Kier molecular flexibility index (Phi) is 5.14. The summed E-state index contributed by atoms with van der Waals surface area (Å²) in [4.78, 5) is 26.3. The topological polar surface area (TPSA) is 80.1 Å². The average Bonchev–Trinajstić information content (AvgIpc) is 3.24. The van der Waals surface area contributed by atoms with E-state index in [1.807, 2.05) is 11.9 Å². The molecule has 1 aromatic carbocycles. The van der Waals surface area contributed by atoms with Crippen LogP contribution in [0, 0.1) is 0 Å². The Bertz CT molecular complexity index is 740. The molecule has 1 N–H and O–H groups in total. The van der Waals surface area contributed by atoms with Crippen LogP contribution in [0.2, 0.25) is 0 Å². The van der Waals surface area contributed by atoms with Crippen molar-refractivity contribution in [1.82, 2.24) is 19.7 Å². The minimum absolute atomic E-state index is 0.0251. The molecule has 0 atom stereocenters. The fourth-order valence-corrected chi connectivity index (χ4v) is 3.25. The lowest BCUT2D eigenvalue weighted by molar-refractivity contribution is -0.113. The van der Waals surface area contributed by atoms with Gasteiger partial charge >= 0.3 is 0 Å². The molecule has 0 spiro atoms. The predicted octanol–water partition coefficient (Wildman–Crippen LogP) is 1.78. The highest BCUT2D eigenvalue weighted by Crippen LogP contribution is 2.18. The van der Waals surface area contributed by atoms with E-state index in [0.29, 0.717) is 16.4 Å². The van der Waals surface area contributed by atoms with E-state index in [9.17, 15) is 9.59 Å². The molecule has 2 amide bonds.